The highest BCUT2D eigenvalue weighted by molar-refractivity contribution is 9.10. The zero-order chi connectivity index (χ0) is 27.3. The topological polar surface area (TPSA) is 89.4 Å². The highest BCUT2D eigenvalue weighted by Crippen LogP contribution is 2.46. The standard InChI is InChI=1S/C29H33BrN4O3/c1-8-34(12-11-33(7)27(36)37-28(2,3)4)23-15-20-19(14-21(23)30)25(35)24-18-10-9-17(16-31)13-22(18)32-26(24)29(20,5)6/h9-10,13-15,32H,8,11-12H2,1-7H3. The van der Waals surface area contributed by atoms with Gasteiger partial charge in [0.25, 0.3) is 0 Å². The van der Waals surface area contributed by atoms with Crippen molar-refractivity contribution < 1.29 is 14.3 Å². The summed E-state index contributed by atoms with van der Waals surface area (Å²) >= 11 is 3.71. The first-order chi connectivity index (χ1) is 17.3. The first-order valence-corrected chi connectivity index (χ1v) is 13.2. The van der Waals surface area contributed by atoms with Crippen molar-refractivity contribution in [3.63, 3.8) is 0 Å². The summed E-state index contributed by atoms with van der Waals surface area (Å²) in [6.45, 7) is 13.7. The van der Waals surface area contributed by atoms with Crippen LogP contribution in [0, 0.1) is 11.3 Å². The Bertz CT molecular complexity index is 1440. The molecule has 1 aliphatic carbocycles. The summed E-state index contributed by atoms with van der Waals surface area (Å²) in [5.74, 6) is -0.0276. The number of benzene rings is 2. The number of aromatic nitrogens is 1. The van der Waals surface area contributed by atoms with E-state index in [1.807, 2.05) is 32.9 Å². The number of aromatic amines is 1. The van der Waals surface area contributed by atoms with E-state index in [0.29, 0.717) is 29.8 Å². The molecule has 7 nitrogen and oxygen atoms in total. The van der Waals surface area contributed by atoms with Crippen LogP contribution >= 0.6 is 15.9 Å². The Balaban J connectivity index is 1.69. The molecule has 1 N–H and O–H groups in total. The van der Waals surface area contributed by atoms with Crippen LogP contribution in [0.2, 0.25) is 0 Å². The molecule has 0 unspecified atom stereocenters. The lowest BCUT2D eigenvalue weighted by Gasteiger charge is -2.35. The van der Waals surface area contributed by atoms with Crippen molar-refractivity contribution >= 4 is 44.4 Å². The van der Waals surface area contributed by atoms with Crippen LogP contribution in [0.15, 0.2) is 34.8 Å². The largest absolute Gasteiger partial charge is 0.444 e. The van der Waals surface area contributed by atoms with Gasteiger partial charge in [-0.1, -0.05) is 19.9 Å². The van der Waals surface area contributed by atoms with Gasteiger partial charge in [0.1, 0.15) is 5.60 Å². The molecular formula is C29H33BrN4O3. The van der Waals surface area contributed by atoms with E-state index in [-0.39, 0.29) is 11.9 Å². The molecular weight excluding hydrogens is 532 g/mol. The minimum absolute atomic E-state index is 0.0276. The van der Waals surface area contributed by atoms with Crippen molar-refractivity contribution in [1.29, 1.82) is 5.26 Å². The number of hydrogen-bond acceptors (Lipinski definition) is 5. The van der Waals surface area contributed by atoms with Crippen molar-refractivity contribution in [1.82, 2.24) is 9.88 Å². The van der Waals surface area contributed by atoms with E-state index in [0.717, 1.165) is 38.9 Å². The zero-order valence-electron chi connectivity index (χ0n) is 22.5. The SMILES string of the molecule is CCN(CCN(C)C(=O)OC(C)(C)C)c1cc2c(cc1Br)C(=O)c1c([nH]c3cc(C#N)ccc13)C2(C)C. The van der Waals surface area contributed by atoms with Crippen molar-refractivity contribution in [3.05, 3.63) is 62.8 Å². The van der Waals surface area contributed by atoms with Crippen LogP contribution in [0.5, 0.6) is 0 Å². The van der Waals surface area contributed by atoms with E-state index < -0.39 is 11.0 Å². The van der Waals surface area contributed by atoms with Gasteiger partial charge < -0.3 is 19.5 Å². The Hall–Kier alpha value is -3.31. The van der Waals surface area contributed by atoms with E-state index in [1.54, 1.807) is 24.1 Å². The molecule has 0 bridgehead atoms. The molecule has 0 saturated heterocycles. The average molecular weight is 566 g/mol. The molecule has 1 aliphatic rings. The van der Waals surface area contributed by atoms with Crippen LogP contribution in [0.3, 0.4) is 0 Å². The first kappa shape index (κ1) is 26.7. The van der Waals surface area contributed by atoms with Gasteiger partial charge in [-0.05, 0) is 73.5 Å². The molecule has 0 spiro atoms. The molecule has 1 heterocycles. The summed E-state index contributed by atoms with van der Waals surface area (Å²) < 4.78 is 6.31. The normalized spacial score (nSPS) is 14.1. The molecule has 0 saturated carbocycles. The maximum Gasteiger partial charge on any atom is 0.410 e. The van der Waals surface area contributed by atoms with Gasteiger partial charge in [0.15, 0.2) is 5.78 Å². The maximum absolute atomic E-state index is 13.8. The summed E-state index contributed by atoms with van der Waals surface area (Å²) in [4.78, 5) is 33.4. The predicted molar refractivity (Wildman–Crippen MR) is 149 cm³/mol. The number of nitriles is 1. The summed E-state index contributed by atoms with van der Waals surface area (Å²) in [6.07, 6.45) is -0.356. The highest BCUT2D eigenvalue weighted by atomic mass is 79.9. The monoisotopic (exact) mass is 564 g/mol. The van der Waals surface area contributed by atoms with E-state index in [1.165, 1.54) is 0 Å². The van der Waals surface area contributed by atoms with Crippen LogP contribution in [0.25, 0.3) is 10.9 Å². The average Bonchev–Trinajstić information content (AvgIpc) is 3.22. The molecule has 0 fully saturated rings. The number of nitrogens with one attached hydrogen (secondary N) is 1. The van der Waals surface area contributed by atoms with Crippen molar-refractivity contribution in [2.45, 2.75) is 52.6 Å². The fraction of sp³-hybridized carbons (Fsp3) is 0.414. The fourth-order valence-electron chi connectivity index (χ4n) is 4.90. The smallest absolute Gasteiger partial charge is 0.410 e. The second-order valence-corrected chi connectivity index (χ2v) is 11.9. The fourth-order valence-corrected chi connectivity index (χ4v) is 5.50. The van der Waals surface area contributed by atoms with Crippen molar-refractivity contribution in [2.24, 2.45) is 0 Å². The Kier molecular flexibility index (Phi) is 6.89. The molecule has 0 atom stereocenters. The Morgan fingerprint density at radius 2 is 1.89 bits per heavy atom. The molecule has 4 rings (SSSR count). The molecule has 1 amide bonds. The van der Waals surface area contributed by atoms with Crippen LogP contribution < -0.4 is 4.90 Å². The molecule has 1 aromatic heterocycles. The minimum Gasteiger partial charge on any atom is -0.444 e. The molecule has 0 radical (unpaired) electrons. The van der Waals surface area contributed by atoms with Crippen LogP contribution in [0.1, 0.15) is 74.3 Å². The van der Waals surface area contributed by atoms with E-state index in [2.05, 4.69) is 58.7 Å². The van der Waals surface area contributed by atoms with Crippen molar-refractivity contribution in [3.8, 4) is 6.07 Å². The number of likely N-dealkylation sites (N-methyl/N-ethyl adjacent to an activating group) is 2. The molecule has 0 aliphatic heterocycles. The van der Waals surface area contributed by atoms with Gasteiger partial charge in [-0.15, -0.1) is 0 Å². The number of ether oxygens (including phenoxy) is 1. The molecule has 37 heavy (non-hydrogen) atoms. The summed E-state index contributed by atoms with van der Waals surface area (Å²) in [7, 11) is 1.74. The summed E-state index contributed by atoms with van der Waals surface area (Å²) in [5.41, 5.74) is 4.42. The number of amides is 1. The quantitative estimate of drug-likeness (QED) is 0.389. The van der Waals surface area contributed by atoms with Gasteiger partial charge in [0, 0.05) is 58.7 Å². The lowest BCUT2D eigenvalue weighted by molar-refractivity contribution is 0.0303. The third-order valence-electron chi connectivity index (χ3n) is 6.92. The number of anilines is 1. The predicted octanol–water partition coefficient (Wildman–Crippen LogP) is 6.37. The first-order valence-electron chi connectivity index (χ1n) is 12.4. The molecule has 3 aromatic rings. The number of fused-ring (bicyclic) bond motifs is 4. The number of ketones is 1. The number of carbonyl (C=O) groups is 2. The van der Waals surface area contributed by atoms with Gasteiger partial charge in [-0.3, -0.25) is 4.79 Å². The van der Waals surface area contributed by atoms with E-state index in [9.17, 15) is 14.9 Å². The van der Waals surface area contributed by atoms with Gasteiger partial charge in [-0.25, -0.2) is 4.79 Å². The van der Waals surface area contributed by atoms with Gasteiger partial charge in [0.2, 0.25) is 0 Å². The Morgan fingerprint density at radius 3 is 2.51 bits per heavy atom. The number of carbonyl (C=O) groups excluding carboxylic acids is 2. The van der Waals surface area contributed by atoms with Gasteiger partial charge in [-0.2, -0.15) is 5.26 Å². The van der Waals surface area contributed by atoms with Crippen molar-refractivity contribution in [2.75, 3.05) is 31.6 Å². The number of nitrogens with zero attached hydrogens (tertiary/aromatic N) is 3. The lowest BCUT2D eigenvalue weighted by atomic mass is 9.71. The molecule has 194 valence electrons. The maximum atomic E-state index is 13.8. The third kappa shape index (κ3) is 4.85. The number of H-pyrrole nitrogens is 1. The zero-order valence-corrected chi connectivity index (χ0v) is 24.0. The van der Waals surface area contributed by atoms with Crippen LogP contribution in [-0.2, 0) is 10.2 Å². The second kappa shape index (κ2) is 9.53. The molecule has 8 heteroatoms. The third-order valence-corrected chi connectivity index (χ3v) is 7.55. The highest BCUT2D eigenvalue weighted by Gasteiger charge is 2.40. The second-order valence-electron chi connectivity index (χ2n) is 11.0. The summed E-state index contributed by atoms with van der Waals surface area (Å²) in [5, 5.41) is 10.2. The van der Waals surface area contributed by atoms with Crippen LogP contribution in [-0.4, -0.2) is 54.0 Å². The minimum atomic E-state index is -0.549. The van der Waals surface area contributed by atoms with Gasteiger partial charge in [0.05, 0.1) is 22.9 Å². The number of hydrogen-bond donors (Lipinski definition) is 1. The van der Waals surface area contributed by atoms with E-state index >= 15 is 0 Å². The Labute approximate surface area is 226 Å². The lowest BCUT2D eigenvalue weighted by Crippen LogP contribution is -2.39. The van der Waals surface area contributed by atoms with E-state index in [4.69, 9.17) is 4.74 Å². The van der Waals surface area contributed by atoms with Crippen LogP contribution in [0.4, 0.5) is 10.5 Å². The Morgan fingerprint density at radius 1 is 1.19 bits per heavy atom. The number of halogens is 1. The van der Waals surface area contributed by atoms with Gasteiger partial charge >= 0.3 is 6.09 Å². The number of rotatable bonds is 5. The summed E-state index contributed by atoms with van der Waals surface area (Å²) in [6, 6.07) is 11.6. The molecule has 2 aromatic carbocycles.